The number of hydrogen-bond acceptors (Lipinski definition) is 2. The summed E-state index contributed by atoms with van der Waals surface area (Å²) in [5, 5.41) is 5.13. The third-order valence-corrected chi connectivity index (χ3v) is 5.28. The number of anilines is 1. The van der Waals surface area contributed by atoms with E-state index in [4.69, 9.17) is 0 Å². The lowest BCUT2D eigenvalue weighted by Gasteiger charge is -2.30. The molecule has 1 unspecified atom stereocenters. The summed E-state index contributed by atoms with van der Waals surface area (Å²) in [7, 11) is 1.91. The molecule has 0 saturated carbocycles. The highest BCUT2D eigenvalue weighted by Gasteiger charge is 2.29. The van der Waals surface area contributed by atoms with Crippen molar-refractivity contribution in [3.05, 3.63) is 42.5 Å². The van der Waals surface area contributed by atoms with Crippen LogP contribution in [0.5, 0.6) is 0 Å². The predicted molar refractivity (Wildman–Crippen MR) is 104 cm³/mol. The maximum atomic E-state index is 12.6. The lowest BCUT2D eigenvalue weighted by molar-refractivity contribution is -0.886. The molecule has 5 heteroatoms. The summed E-state index contributed by atoms with van der Waals surface area (Å²) in [5.41, 5.74) is 0.816. The monoisotopic (exact) mass is 354 g/mol. The second kappa shape index (κ2) is 8.32. The van der Waals surface area contributed by atoms with Crippen LogP contribution in [0.25, 0.3) is 10.8 Å². The number of hydrogen-bond donors (Lipinski definition) is 2. The van der Waals surface area contributed by atoms with Gasteiger partial charge in [-0.25, -0.2) is 0 Å². The van der Waals surface area contributed by atoms with Gasteiger partial charge in [0, 0.05) is 24.2 Å². The molecule has 0 aromatic heterocycles. The zero-order chi connectivity index (χ0) is 18.5. The summed E-state index contributed by atoms with van der Waals surface area (Å²) >= 11 is 0. The molecule has 1 fully saturated rings. The summed E-state index contributed by atoms with van der Waals surface area (Å²) < 4.78 is 0. The Kier molecular flexibility index (Phi) is 5.89. The lowest BCUT2D eigenvalue weighted by atomic mass is 10.1. The number of likely N-dealkylation sites (N-methyl/N-ethyl adjacent to an activating group) is 1. The SMILES string of the molecule is C[C@@H](C(=O)N1CCCCC1)[NH+](C)CC(=O)Nc1cccc2ccccc12. The molecule has 1 heterocycles. The van der Waals surface area contributed by atoms with Crippen molar-refractivity contribution < 1.29 is 14.5 Å². The minimum atomic E-state index is -0.216. The Labute approximate surface area is 155 Å². The number of benzene rings is 2. The molecule has 2 N–H and O–H groups in total. The molecule has 0 radical (unpaired) electrons. The summed E-state index contributed by atoms with van der Waals surface area (Å²) in [4.78, 5) is 28.0. The molecule has 0 spiro atoms. The second-order valence-electron chi connectivity index (χ2n) is 7.21. The zero-order valence-corrected chi connectivity index (χ0v) is 15.6. The fourth-order valence-corrected chi connectivity index (χ4v) is 3.53. The number of rotatable bonds is 5. The Morgan fingerprint density at radius 2 is 1.77 bits per heavy atom. The number of nitrogens with one attached hydrogen (secondary N) is 2. The predicted octanol–water partition coefficient (Wildman–Crippen LogP) is 1.69. The average molecular weight is 354 g/mol. The molecule has 2 amide bonds. The van der Waals surface area contributed by atoms with Gasteiger partial charge in [0.05, 0.1) is 7.05 Å². The van der Waals surface area contributed by atoms with Crippen molar-refractivity contribution in [1.29, 1.82) is 0 Å². The van der Waals surface area contributed by atoms with E-state index in [1.807, 2.05) is 61.3 Å². The van der Waals surface area contributed by atoms with Gasteiger partial charge in [0.25, 0.3) is 11.8 Å². The number of piperidine rings is 1. The van der Waals surface area contributed by atoms with Crippen molar-refractivity contribution in [2.24, 2.45) is 0 Å². The number of carbonyl (C=O) groups is 2. The molecule has 1 aliphatic rings. The molecule has 3 rings (SSSR count). The largest absolute Gasteiger partial charge is 0.338 e. The number of carbonyl (C=O) groups excluding carboxylic acids is 2. The third kappa shape index (κ3) is 4.22. The highest BCUT2D eigenvalue weighted by Crippen LogP contribution is 2.22. The van der Waals surface area contributed by atoms with E-state index < -0.39 is 0 Å². The molecular weight excluding hydrogens is 326 g/mol. The standard InChI is InChI=1S/C21H27N3O2/c1-16(21(26)24-13-6-3-7-14-24)23(2)15-20(25)22-19-12-8-10-17-9-4-5-11-18(17)19/h4-5,8-12,16H,3,6-7,13-15H2,1-2H3,(H,22,25)/p+1/t16-/m0/s1. The van der Waals surface area contributed by atoms with Crippen molar-refractivity contribution in [2.75, 3.05) is 32.0 Å². The Bertz CT molecular complexity index is 778. The first-order valence-electron chi connectivity index (χ1n) is 9.45. The minimum Gasteiger partial charge on any atom is -0.338 e. The molecule has 5 nitrogen and oxygen atoms in total. The maximum Gasteiger partial charge on any atom is 0.280 e. The molecule has 2 aromatic carbocycles. The minimum absolute atomic E-state index is 0.0721. The normalized spacial score (nSPS) is 16.9. The first-order chi connectivity index (χ1) is 12.6. The van der Waals surface area contributed by atoms with E-state index in [2.05, 4.69) is 5.32 Å². The van der Waals surface area contributed by atoms with Crippen LogP contribution in [0.3, 0.4) is 0 Å². The van der Waals surface area contributed by atoms with E-state index >= 15 is 0 Å². The number of likely N-dealkylation sites (tertiary alicyclic amines) is 1. The van der Waals surface area contributed by atoms with E-state index in [1.165, 1.54) is 6.42 Å². The zero-order valence-electron chi connectivity index (χ0n) is 15.6. The van der Waals surface area contributed by atoms with Crippen LogP contribution in [0.4, 0.5) is 5.69 Å². The molecule has 1 saturated heterocycles. The molecule has 1 aliphatic heterocycles. The Morgan fingerprint density at radius 3 is 2.54 bits per heavy atom. The van der Waals surface area contributed by atoms with Gasteiger partial charge in [0.2, 0.25) is 0 Å². The van der Waals surface area contributed by atoms with E-state index in [-0.39, 0.29) is 24.4 Å². The van der Waals surface area contributed by atoms with Gasteiger partial charge in [-0.3, -0.25) is 9.59 Å². The van der Waals surface area contributed by atoms with E-state index in [0.717, 1.165) is 47.3 Å². The van der Waals surface area contributed by atoms with Gasteiger partial charge in [0.1, 0.15) is 0 Å². The summed E-state index contributed by atoms with van der Waals surface area (Å²) in [6.45, 7) is 3.87. The molecular formula is C21H28N3O2+. The highest BCUT2D eigenvalue weighted by atomic mass is 16.2. The van der Waals surface area contributed by atoms with Crippen LogP contribution in [-0.4, -0.2) is 49.4 Å². The Balaban J connectivity index is 1.60. The molecule has 0 bridgehead atoms. The van der Waals surface area contributed by atoms with Gasteiger partial charge in [-0.1, -0.05) is 36.4 Å². The van der Waals surface area contributed by atoms with Crippen molar-refractivity contribution in [3.8, 4) is 0 Å². The van der Waals surface area contributed by atoms with Gasteiger partial charge >= 0.3 is 0 Å². The lowest BCUT2D eigenvalue weighted by Crippen LogP contribution is -3.15. The van der Waals surface area contributed by atoms with Crippen LogP contribution in [0, 0.1) is 0 Å². The molecule has 0 aliphatic carbocycles. The fourth-order valence-electron chi connectivity index (χ4n) is 3.53. The maximum absolute atomic E-state index is 12.6. The summed E-state index contributed by atoms with van der Waals surface area (Å²) in [5.74, 6) is 0.0808. The third-order valence-electron chi connectivity index (χ3n) is 5.28. The topological polar surface area (TPSA) is 53.9 Å². The average Bonchev–Trinajstić information content (AvgIpc) is 2.67. The molecule has 2 aromatic rings. The smallest absolute Gasteiger partial charge is 0.280 e. The number of nitrogens with zero attached hydrogens (tertiary/aromatic N) is 1. The number of quaternary nitrogens is 1. The van der Waals surface area contributed by atoms with Gasteiger partial charge in [-0.15, -0.1) is 0 Å². The first-order valence-corrected chi connectivity index (χ1v) is 9.45. The van der Waals surface area contributed by atoms with Gasteiger partial charge in [-0.2, -0.15) is 0 Å². The van der Waals surface area contributed by atoms with Crippen LogP contribution in [0.2, 0.25) is 0 Å². The quantitative estimate of drug-likeness (QED) is 0.859. The van der Waals surface area contributed by atoms with Crippen LogP contribution in [0.15, 0.2) is 42.5 Å². The fraction of sp³-hybridized carbons (Fsp3) is 0.429. The van der Waals surface area contributed by atoms with Gasteiger partial charge in [-0.05, 0) is 37.6 Å². The van der Waals surface area contributed by atoms with Crippen LogP contribution < -0.4 is 10.2 Å². The van der Waals surface area contributed by atoms with E-state index in [1.54, 1.807) is 0 Å². The van der Waals surface area contributed by atoms with Crippen molar-refractivity contribution in [2.45, 2.75) is 32.2 Å². The Hall–Kier alpha value is -2.40. The Morgan fingerprint density at radius 1 is 1.08 bits per heavy atom. The number of amides is 2. The van der Waals surface area contributed by atoms with Crippen molar-refractivity contribution in [1.82, 2.24) is 4.90 Å². The van der Waals surface area contributed by atoms with Crippen molar-refractivity contribution in [3.63, 3.8) is 0 Å². The first kappa shape index (κ1) is 18.4. The van der Waals surface area contributed by atoms with E-state index in [0.29, 0.717) is 0 Å². The number of fused-ring (bicyclic) bond motifs is 1. The van der Waals surface area contributed by atoms with E-state index in [9.17, 15) is 9.59 Å². The summed E-state index contributed by atoms with van der Waals surface area (Å²) in [6.07, 6.45) is 3.37. The van der Waals surface area contributed by atoms with Crippen LogP contribution in [-0.2, 0) is 9.59 Å². The van der Waals surface area contributed by atoms with Crippen molar-refractivity contribution >= 4 is 28.3 Å². The summed E-state index contributed by atoms with van der Waals surface area (Å²) in [6, 6.07) is 13.7. The molecule has 138 valence electrons. The molecule has 26 heavy (non-hydrogen) atoms. The van der Waals surface area contributed by atoms with Gasteiger partial charge < -0.3 is 15.1 Å². The van der Waals surface area contributed by atoms with Crippen LogP contribution >= 0.6 is 0 Å². The van der Waals surface area contributed by atoms with Gasteiger partial charge in [0.15, 0.2) is 12.6 Å². The highest BCUT2D eigenvalue weighted by molar-refractivity contribution is 6.02. The molecule has 2 atom stereocenters. The van der Waals surface area contributed by atoms with Crippen LogP contribution in [0.1, 0.15) is 26.2 Å². The second-order valence-corrected chi connectivity index (χ2v) is 7.21.